The second-order valence-electron chi connectivity index (χ2n) is 4.25. The van der Waals surface area contributed by atoms with Crippen molar-refractivity contribution in [3.8, 4) is 0 Å². The first-order chi connectivity index (χ1) is 8.66. The minimum Gasteiger partial charge on any atom is -0.296 e. The van der Waals surface area contributed by atoms with Gasteiger partial charge in [-0.25, -0.2) is 4.98 Å². The lowest BCUT2D eigenvalue weighted by molar-refractivity contribution is -0.134. The number of hydrogen-bond acceptors (Lipinski definition) is 3. The first kappa shape index (κ1) is 11.4. The summed E-state index contributed by atoms with van der Waals surface area (Å²) in [4.78, 5) is 27.2. The zero-order valence-corrected chi connectivity index (χ0v) is 11.0. The number of piperidine rings is 1. The van der Waals surface area contributed by atoms with E-state index in [9.17, 15) is 9.59 Å². The van der Waals surface area contributed by atoms with Crippen LogP contribution in [0.3, 0.4) is 0 Å². The monoisotopic (exact) mass is 307 g/mol. The smallest absolute Gasteiger partial charge is 0.234 e. The second-order valence-corrected chi connectivity index (χ2v) is 4.96. The normalized spacial score (nSPS) is 20.2. The number of pyridine rings is 1. The van der Waals surface area contributed by atoms with Gasteiger partial charge in [-0.05, 0) is 34.0 Å². The van der Waals surface area contributed by atoms with E-state index in [0.29, 0.717) is 17.6 Å². The van der Waals surface area contributed by atoms with E-state index in [4.69, 9.17) is 0 Å². The molecule has 2 aromatic heterocycles. The molecule has 0 aromatic carbocycles. The van der Waals surface area contributed by atoms with Gasteiger partial charge in [0.1, 0.15) is 0 Å². The third-order valence-electron chi connectivity index (χ3n) is 3.17. The Morgan fingerprint density at radius 1 is 1.44 bits per heavy atom. The summed E-state index contributed by atoms with van der Waals surface area (Å²) in [5.74, 6) is -0.704. The van der Waals surface area contributed by atoms with Crippen molar-refractivity contribution in [2.75, 3.05) is 0 Å². The summed E-state index contributed by atoms with van der Waals surface area (Å²) >= 11 is 3.35. The number of halogens is 1. The van der Waals surface area contributed by atoms with Gasteiger partial charge in [0.15, 0.2) is 4.73 Å². The molecule has 1 aliphatic heterocycles. The Labute approximate surface area is 111 Å². The van der Waals surface area contributed by atoms with Crippen molar-refractivity contribution in [3.05, 3.63) is 34.8 Å². The minimum atomic E-state index is -0.282. The molecule has 5 nitrogen and oxygen atoms in total. The van der Waals surface area contributed by atoms with Crippen molar-refractivity contribution in [2.45, 2.75) is 18.8 Å². The predicted octanol–water partition coefficient (Wildman–Crippen LogP) is 1.62. The molecule has 0 radical (unpaired) electrons. The van der Waals surface area contributed by atoms with E-state index in [2.05, 4.69) is 26.2 Å². The van der Waals surface area contributed by atoms with Crippen LogP contribution in [0.4, 0.5) is 0 Å². The lowest BCUT2D eigenvalue weighted by Crippen LogP contribution is -2.39. The number of aromatic nitrogens is 2. The number of fused-ring (bicyclic) bond motifs is 1. The number of imide groups is 1. The van der Waals surface area contributed by atoms with Crippen LogP contribution in [0.15, 0.2) is 29.3 Å². The van der Waals surface area contributed by atoms with Crippen LogP contribution < -0.4 is 5.32 Å². The maximum atomic E-state index is 11.9. The Balaban J connectivity index is 2.09. The molecular weight excluding hydrogens is 298 g/mol. The van der Waals surface area contributed by atoms with E-state index in [1.165, 1.54) is 0 Å². The number of rotatable bonds is 1. The molecule has 0 spiro atoms. The van der Waals surface area contributed by atoms with E-state index in [0.717, 1.165) is 11.1 Å². The van der Waals surface area contributed by atoms with E-state index >= 15 is 0 Å². The van der Waals surface area contributed by atoms with Crippen molar-refractivity contribution in [2.24, 2.45) is 0 Å². The molecule has 2 aromatic rings. The van der Waals surface area contributed by atoms with Crippen LogP contribution in [0.2, 0.25) is 0 Å². The number of nitrogens with zero attached hydrogens (tertiary/aromatic N) is 2. The summed E-state index contributed by atoms with van der Waals surface area (Å²) in [6.07, 6.45) is 4.53. The average Bonchev–Trinajstić information content (AvgIpc) is 2.72. The summed E-state index contributed by atoms with van der Waals surface area (Å²) in [6.45, 7) is 0. The maximum absolute atomic E-state index is 11.9. The van der Waals surface area contributed by atoms with Crippen molar-refractivity contribution in [1.29, 1.82) is 0 Å². The number of carbonyl (C=O) groups is 2. The van der Waals surface area contributed by atoms with E-state index < -0.39 is 0 Å². The quantitative estimate of drug-likeness (QED) is 0.814. The molecule has 1 fully saturated rings. The predicted molar refractivity (Wildman–Crippen MR) is 68.0 cm³/mol. The van der Waals surface area contributed by atoms with Gasteiger partial charge in [0.25, 0.3) is 0 Å². The molecule has 1 unspecified atom stereocenters. The fraction of sp³-hybridized carbons (Fsp3) is 0.250. The molecule has 3 rings (SSSR count). The van der Waals surface area contributed by atoms with Crippen LogP contribution in [0.5, 0.6) is 0 Å². The SMILES string of the molecule is O=C1CCC(c2cccn3c(Br)ncc23)C(=O)N1. The summed E-state index contributed by atoms with van der Waals surface area (Å²) in [6, 6.07) is 3.78. The molecular formula is C12H10BrN3O2. The van der Waals surface area contributed by atoms with Crippen LogP contribution in [0.25, 0.3) is 5.52 Å². The number of carbonyl (C=O) groups excluding carboxylic acids is 2. The summed E-state index contributed by atoms with van der Waals surface area (Å²) in [5, 5.41) is 2.38. The molecule has 1 N–H and O–H groups in total. The van der Waals surface area contributed by atoms with Gasteiger partial charge >= 0.3 is 0 Å². The molecule has 18 heavy (non-hydrogen) atoms. The molecule has 2 amide bonds. The van der Waals surface area contributed by atoms with Crippen LogP contribution in [-0.4, -0.2) is 21.2 Å². The zero-order valence-electron chi connectivity index (χ0n) is 9.39. The molecule has 92 valence electrons. The van der Waals surface area contributed by atoms with E-state index in [1.54, 1.807) is 6.20 Å². The molecule has 6 heteroatoms. The number of imidazole rings is 1. The van der Waals surface area contributed by atoms with Crippen LogP contribution >= 0.6 is 15.9 Å². The molecule has 0 bridgehead atoms. The Bertz CT molecular complexity index is 650. The third kappa shape index (κ3) is 1.73. The molecule has 0 saturated carbocycles. The minimum absolute atomic E-state index is 0.196. The Hall–Kier alpha value is -1.69. The number of amides is 2. The van der Waals surface area contributed by atoms with Gasteiger partial charge in [-0.1, -0.05) is 6.07 Å². The summed E-state index contributed by atoms with van der Waals surface area (Å²) in [7, 11) is 0. The van der Waals surface area contributed by atoms with Gasteiger partial charge in [0.05, 0.1) is 17.6 Å². The van der Waals surface area contributed by atoms with Gasteiger partial charge in [-0.15, -0.1) is 0 Å². The van der Waals surface area contributed by atoms with Gasteiger partial charge in [-0.2, -0.15) is 0 Å². The Morgan fingerprint density at radius 3 is 3.06 bits per heavy atom. The highest BCUT2D eigenvalue weighted by Crippen LogP contribution is 2.29. The van der Waals surface area contributed by atoms with Gasteiger partial charge in [0.2, 0.25) is 11.8 Å². The molecule has 1 saturated heterocycles. The second kappa shape index (κ2) is 4.20. The molecule has 1 atom stereocenters. The van der Waals surface area contributed by atoms with Crippen LogP contribution in [0, 0.1) is 0 Å². The summed E-state index contributed by atoms with van der Waals surface area (Å²) in [5.41, 5.74) is 1.79. The summed E-state index contributed by atoms with van der Waals surface area (Å²) < 4.78 is 2.57. The number of nitrogens with one attached hydrogen (secondary N) is 1. The van der Waals surface area contributed by atoms with Crippen molar-refractivity contribution in [1.82, 2.24) is 14.7 Å². The third-order valence-corrected chi connectivity index (χ3v) is 3.76. The van der Waals surface area contributed by atoms with Gasteiger partial charge < -0.3 is 0 Å². The first-order valence-corrected chi connectivity index (χ1v) is 6.41. The highest BCUT2D eigenvalue weighted by atomic mass is 79.9. The lowest BCUT2D eigenvalue weighted by atomic mass is 9.90. The van der Waals surface area contributed by atoms with E-state index in [1.807, 2.05) is 22.7 Å². The molecule has 0 aliphatic carbocycles. The standard InChI is InChI=1S/C12H10BrN3O2/c13-12-14-6-9-7(2-1-5-16(9)12)8-3-4-10(17)15-11(8)18/h1-2,5-6,8H,3-4H2,(H,15,17,18). The van der Waals surface area contributed by atoms with Crippen molar-refractivity contribution >= 4 is 33.3 Å². The fourth-order valence-corrected chi connectivity index (χ4v) is 2.71. The lowest BCUT2D eigenvalue weighted by Gasteiger charge is -2.21. The highest BCUT2D eigenvalue weighted by molar-refractivity contribution is 9.10. The van der Waals surface area contributed by atoms with E-state index in [-0.39, 0.29) is 17.7 Å². The molecule has 1 aliphatic rings. The molecule has 3 heterocycles. The van der Waals surface area contributed by atoms with Crippen LogP contribution in [0.1, 0.15) is 24.3 Å². The first-order valence-electron chi connectivity index (χ1n) is 5.62. The van der Waals surface area contributed by atoms with Crippen molar-refractivity contribution < 1.29 is 9.59 Å². The van der Waals surface area contributed by atoms with Gasteiger partial charge in [-0.3, -0.25) is 19.3 Å². The topological polar surface area (TPSA) is 63.5 Å². The number of hydrogen-bond donors (Lipinski definition) is 1. The largest absolute Gasteiger partial charge is 0.296 e. The van der Waals surface area contributed by atoms with Crippen molar-refractivity contribution in [3.63, 3.8) is 0 Å². The van der Waals surface area contributed by atoms with Crippen LogP contribution in [-0.2, 0) is 9.59 Å². The Kier molecular flexibility index (Phi) is 2.66. The Morgan fingerprint density at radius 2 is 2.28 bits per heavy atom. The highest BCUT2D eigenvalue weighted by Gasteiger charge is 2.29. The fourth-order valence-electron chi connectivity index (χ4n) is 2.30. The van der Waals surface area contributed by atoms with Gasteiger partial charge in [0, 0.05) is 12.6 Å². The maximum Gasteiger partial charge on any atom is 0.234 e. The average molecular weight is 308 g/mol. The zero-order chi connectivity index (χ0) is 12.7.